The fourth-order valence-electron chi connectivity index (χ4n) is 5.31. The number of ether oxygens (including phenoxy) is 2. The van der Waals surface area contributed by atoms with E-state index in [0.29, 0.717) is 51.7 Å². The van der Waals surface area contributed by atoms with Crippen LogP contribution in [0.5, 0.6) is 23.0 Å². The molecule has 7 nitrogen and oxygen atoms in total. The molecule has 0 fully saturated rings. The number of benzene rings is 4. The third-order valence-electron chi connectivity index (χ3n) is 7.33. The maximum atomic E-state index is 13.8. The van der Waals surface area contributed by atoms with E-state index in [1.165, 1.54) is 0 Å². The van der Waals surface area contributed by atoms with Crippen molar-refractivity contribution in [3.8, 4) is 51.5 Å². The van der Waals surface area contributed by atoms with E-state index < -0.39 is 23.5 Å². The van der Waals surface area contributed by atoms with Gasteiger partial charge in [0.25, 0.3) is 0 Å². The Morgan fingerprint density at radius 3 is 1.41 bits per heavy atom. The molecule has 13 heteroatoms. The van der Waals surface area contributed by atoms with Gasteiger partial charge in [0.2, 0.25) is 17.8 Å². The summed E-state index contributed by atoms with van der Waals surface area (Å²) in [5.74, 6) is -1.87. The summed E-state index contributed by atoms with van der Waals surface area (Å²) in [7, 11) is 0. The zero-order valence-electron chi connectivity index (χ0n) is 25.5. The van der Waals surface area contributed by atoms with Crippen molar-refractivity contribution in [2.45, 2.75) is 0 Å². The first-order chi connectivity index (χ1) is 23.9. The first kappa shape index (κ1) is 35.5. The molecule has 51 heavy (non-hydrogen) atoms. The van der Waals surface area contributed by atoms with E-state index >= 15 is 0 Å². The second kappa shape index (κ2) is 14.9. The molecule has 0 aliphatic carbocycles. The zero-order chi connectivity index (χ0) is 33.5. The molecular formula is C38H17F4N5O2Pd2. The monoisotopic (exact) mass is 863 g/mol. The smallest absolute Gasteiger partial charge is 0.503 e. The predicted octanol–water partition coefficient (Wildman–Crippen LogP) is 9.03. The van der Waals surface area contributed by atoms with E-state index in [1.807, 2.05) is 12.1 Å². The second-order valence-corrected chi connectivity index (χ2v) is 10.6. The van der Waals surface area contributed by atoms with Crippen LogP contribution in [0.2, 0.25) is 0 Å². The second-order valence-electron chi connectivity index (χ2n) is 10.6. The van der Waals surface area contributed by atoms with Gasteiger partial charge in [-0.3, -0.25) is 9.97 Å². The number of aromatic nitrogens is 5. The van der Waals surface area contributed by atoms with Gasteiger partial charge in [-0.25, -0.2) is 18.7 Å². The molecule has 0 bridgehead atoms. The van der Waals surface area contributed by atoms with Gasteiger partial charge in [0.15, 0.2) is 0 Å². The van der Waals surface area contributed by atoms with E-state index in [4.69, 9.17) is 9.47 Å². The van der Waals surface area contributed by atoms with Crippen molar-refractivity contribution >= 4 is 21.8 Å². The minimum absolute atomic E-state index is 0. The van der Waals surface area contributed by atoms with Gasteiger partial charge in [0.05, 0.1) is 0 Å². The van der Waals surface area contributed by atoms with Crippen LogP contribution >= 0.6 is 0 Å². The van der Waals surface area contributed by atoms with Crippen molar-refractivity contribution in [2.24, 2.45) is 0 Å². The molecule has 0 atom stereocenters. The van der Waals surface area contributed by atoms with Crippen LogP contribution in [0.25, 0.3) is 50.3 Å². The molecular weight excluding hydrogens is 847 g/mol. The largest absolute Gasteiger partial charge is 2.00 e. The fraction of sp³-hybridized carbons (Fsp3) is 0. The number of fused-ring (bicyclic) bond motifs is 3. The minimum atomic E-state index is -0.945. The van der Waals surface area contributed by atoms with E-state index in [9.17, 15) is 17.6 Å². The first-order valence-corrected chi connectivity index (χ1v) is 14.6. The summed E-state index contributed by atoms with van der Waals surface area (Å²) in [5.41, 5.74) is 1.97. The summed E-state index contributed by atoms with van der Waals surface area (Å²) in [6.45, 7) is 0. The molecule has 0 aliphatic heterocycles. The molecule has 0 saturated heterocycles. The van der Waals surface area contributed by atoms with Crippen molar-refractivity contribution in [3.63, 3.8) is 0 Å². The zero-order valence-corrected chi connectivity index (χ0v) is 28.6. The number of pyridine rings is 2. The summed E-state index contributed by atoms with van der Waals surface area (Å²) in [5, 5.41) is 1.59. The molecule has 0 saturated carbocycles. The Hall–Kier alpha value is -5.30. The number of hydrogen-bond acceptors (Lipinski definition) is 6. The van der Waals surface area contributed by atoms with E-state index in [1.54, 1.807) is 71.6 Å². The van der Waals surface area contributed by atoms with E-state index in [2.05, 4.69) is 44.2 Å². The van der Waals surface area contributed by atoms with Crippen LogP contribution in [0.3, 0.4) is 0 Å². The normalized spacial score (nSPS) is 10.8. The first-order valence-electron chi connectivity index (χ1n) is 14.6. The molecule has 0 N–H and O–H groups in total. The van der Waals surface area contributed by atoms with Crippen LogP contribution in [-0.2, 0) is 40.8 Å². The third kappa shape index (κ3) is 7.44. The van der Waals surface area contributed by atoms with Crippen molar-refractivity contribution < 1.29 is 67.9 Å². The quantitative estimate of drug-likeness (QED) is 0.0690. The van der Waals surface area contributed by atoms with Gasteiger partial charge in [0.1, 0.15) is 11.6 Å². The van der Waals surface area contributed by atoms with Crippen LogP contribution in [0, 0.1) is 47.8 Å². The molecule has 0 unspecified atom stereocenters. The molecule has 8 aromatic rings. The Kier molecular flexibility index (Phi) is 10.4. The Morgan fingerprint density at radius 1 is 0.510 bits per heavy atom. The molecule has 254 valence electrons. The molecule has 8 rings (SSSR count). The van der Waals surface area contributed by atoms with Crippen molar-refractivity contribution in [3.05, 3.63) is 151 Å². The van der Waals surface area contributed by atoms with Gasteiger partial charge in [-0.15, -0.1) is 71.8 Å². The molecule has 4 heterocycles. The average molecular weight is 864 g/mol. The van der Waals surface area contributed by atoms with Gasteiger partial charge >= 0.3 is 40.8 Å². The molecule has 0 amide bonds. The Labute approximate surface area is 315 Å². The predicted molar refractivity (Wildman–Crippen MR) is 171 cm³/mol. The number of halogens is 4. The number of nitrogens with zero attached hydrogens (tertiary/aromatic N) is 5. The van der Waals surface area contributed by atoms with Crippen molar-refractivity contribution in [1.29, 1.82) is 0 Å². The summed E-state index contributed by atoms with van der Waals surface area (Å²) in [4.78, 5) is 16.4. The Morgan fingerprint density at radius 2 is 0.961 bits per heavy atom. The molecule has 0 spiro atoms. The minimum Gasteiger partial charge on any atom is -0.503 e. The van der Waals surface area contributed by atoms with Crippen molar-refractivity contribution in [2.75, 3.05) is 0 Å². The summed E-state index contributed by atoms with van der Waals surface area (Å²) >= 11 is 0. The van der Waals surface area contributed by atoms with E-state index in [-0.39, 0.29) is 63.7 Å². The van der Waals surface area contributed by atoms with Gasteiger partial charge in [-0.1, -0.05) is 23.2 Å². The maximum absolute atomic E-state index is 13.8. The summed E-state index contributed by atoms with van der Waals surface area (Å²) in [6, 6.07) is 34.9. The van der Waals surface area contributed by atoms with Crippen LogP contribution < -0.4 is 9.47 Å². The summed E-state index contributed by atoms with van der Waals surface area (Å²) in [6.07, 6.45) is 3.21. The van der Waals surface area contributed by atoms with Crippen molar-refractivity contribution in [1.82, 2.24) is 24.5 Å². The molecule has 4 aromatic carbocycles. The van der Waals surface area contributed by atoms with E-state index in [0.717, 1.165) is 22.9 Å². The maximum Gasteiger partial charge on any atom is 2.00 e. The number of hydrogen-bond donors (Lipinski definition) is 0. The van der Waals surface area contributed by atoms with Gasteiger partial charge in [-0.2, -0.15) is 31.7 Å². The van der Waals surface area contributed by atoms with Crippen LogP contribution in [0.15, 0.2) is 103 Å². The van der Waals surface area contributed by atoms with Crippen LogP contribution in [0.1, 0.15) is 0 Å². The van der Waals surface area contributed by atoms with Gasteiger partial charge < -0.3 is 14.0 Å². The number of rotatable bonds is 7. The molecule has 0 radical (unpaired) electrons. The average Bonchev–Trinajstić information content (AvgIpc) is 3.41. The SMILES string of the molecule is Fc1cc(F)nc(-c2[c-]c(Oc3[c-]c4c(cc3)c3ccc(Oc5[c-]c(-c6cc(F)cc(F)n6)ccc5)[c-]c3n4-c3ncccn3)ccc2)c1.[Pd+2].[Pd+2]. The third-order valence-corrected chi connectivity index (χ3v) is 7.33. The molecule has 4 aromatic heterocycles. The van der Waals surface area contributed by atoms with Crippen LogP contribution in [-0.4, -0.2) is 24.5 Å². The standard InChI is InChI=1S/C38H17F4N5O2.2Pd/c39-24-16-32(45-36(41)18-24)22-4-1-6-26(14-22)48-28-8-10-30-31-11-9-29(21-35(31)47(34(30)20-28)38-43-12-3-13-44-38)49-27-7-2-5-23(15-27)33-17-25(40)19-37(42)46-33;;/h1-13,16-19H;;/q-4;2*+2. The molecule has 0 aliphatic rings. The topological polar surface area (TPSA) is 75.0 Å². The Bertz CT molecular complexity index is 2340. The van der Waals surface area contributed by atoms with Crippen LogP contribution in [0.4, 0.5) is 17.6 Å². The van der Waals surface area contributed by atoms with Gasteiger partial charge in [0, 0.05) is 47.5 Å². The fourth-order valence-corrected chi connectivity index (χ4v) is 5.31. The Balaban J connectivity index is 0.00000224. The summed E-state index contributed by atoms with van der Waals surface area (Å²) < 4.78 is 69.1. The van der Waals surface area contributed by atoms with Gasteiger partial charge in [-0.05, 0) is 29.6 Å².